The van der Waals surface area contributed by atoms with Gasteiger partial charge in [-0.3, -0.25) is 4.68 Å². The van der Waals surface area contributed by atoms with Gasteiger partial charge >= 0.3 is 6.03 Å². The Morgan fingerprint density at radius 1 is 1.42 bits per heavy atom. The lowest BCUT2D eigenvalue weighted by atomic mass is 10.1. The average molecular weight is 347 g/mol. The molecule has 6 heteroatoms. The molecule has 1 aliphatic rings. The van der Waals surface area contributed by atoms with Gasteiger partial charge in [0, 0.05) is 23.3 Å². The first kappa shape index (κ1) is 16.8. The molecule has 24 heavy (non-hydrogen) atoms. The van der Waals surface area contributed by atoms with Crippen LogP contribution in [0.5, 0.6) is 0 Å². The maximum atomic E-state index is 12.4. The van der Waals surface area contributed by atoms with E-state index in [1.807, 2.05) is 50.7 Å². The van der Waals surface area contributed by atoms with Gasteiger partial charge in [-0.1, -0.05) is 17.7 Å². The van der Waals surface area contributed by atoms with Gasteiger partial charge in [0.2, 0.25) is 0 Å². The zero-order chi connectivity index (χ0) is 17.4. The highest BCUT2D eigenvalue weighted by molar-refractivity contribution is 6.30. The molecular weight excluding hydrogens is 324 g/mol. The number of aromatic nitrogens is 2. The Labute approximate surface area is 147 Å². The fourth-order valence-corrected chi connectivity index (χ4v) is 3.82. The summed E-state index contributed by atoms with van der Waals surface area (Å²) in [4.78, 5) is 12.4. The van der Waals surface area contributed by atoms with Gasteiger partial charge in [0.1, 0.15) is 0 Å². The number of hydrogen-bond donors (Lipinski definition) is 2. The van der Waals surface area contributed by atoms with Gasteiger partial charge in [-0.25, -0.2) is 4.79 Å². The molecule has 1 aromatic heterocycles. The van der Waals surface area contributed by atoms with E-state index in [1.165, 1.54) is 5.56 Å². The molecule has 1 heterocycles. The second-order valence-corrected chi connectivity index (χ2v) is 6.92. The molecule has 2 atom stereocenters. The SMILES string of the molecule is Cc1nn(C)c(C)c1[C@@H](C)NC(=O)N[C@@H]1CCc2cc(Cl)ccc21. The predicted molar refractivity (Wildman–Crippen MR) is 95.3 cm³/mol. The van der Waals surface area contributed by atoms with E-state index in [9.17, 15) is 4.79 Å². The highest BCUT2D eigenvalue weighted by atomic mass is 35.5. The number of aryl methyl sites for hydroxylation is 3. The van der Waals surface area contributed by atoms with Crippen molar-refractivity contribution in [2.75, 3.05) is 0 Å². The Kier molecular flexibility index (Phi) is 4.54. The average Bonchev–Trinajstić information content (AvgIpc) is 2.99. The lowest BCUT2D eigenvalue weighted by Crippen LogP contribution is -2.38. The number of nitrogens with one attached hydrogen (secondary N) is 2. The molecule has 2 N–H and O–H groups in total. The first-order valence-electron chi connectivity index (χ1n) is 8.22. The summed E-state index contributed by atoms with van der Waals surface area (Å²) >= 11 is 6.04. The number of carbonyl (C=O) groups excluding carboxylic acids is 1. The number of rotatable bonds is 3. The zero-order valence-corrected chi connectivity index (χ0v) is 15.2. The second-order valence-electron chi connectivity index (χ2n) is 6.48. The molecule has 0 saturated carbocycles. The first-order chi connectivity index (χ1) is 11.4. The van der Waals surface area contributed by atoms with Crippen molar-refractivity contribution in [2.24, 2.45) is 7.05 Å². The van der Waals surface area contributed by atoms with Crippen molar-refractivity contribution >= 4 is 17.6 Å². The number of fused-ring (bicyclic) bond motifs is 1. The Morgan fingerprint density at radius 2 is 2.17 bits per heavy atom. The van der Waals surface area contributed by atoms with Gasteiger partial charge in [-0.05, 0) is 56.9 Å². The number of amides is 2. The number of carbonyl (C=O) groups is 1. The van der Waals surface area contributed by atoms with Crippen molar-refractivity contribution in [1.82, 2.24) is 20.4 Å². The third kappa shape index (κ3) is 3.13. The van der Waals surface area contributed by atoms with Crippen LogP contribution in [0.15, 0.2) is 18.2 Å². The van der Waals surface area contributed by atoms with Crippen LogP contribution in [0.3, 0.4) is 0 Å². The van der Waals surface area contributed by atoms with Crippen LogP contribution in [0.25, 0.3) is 0 Å². The van der Waals surface area contributed by atoms with Crippen LogP contribution in [-0.4, -0.2) is 15.8 Å². The van der Waals surface area contributed by atoms with E-state index in [2.05, 4.69) is 15.7 Å². The van der Waals surface area contributed by atoms with E-state index < -0.39 is 0 Å². The fraction of sp³-hybridized carbons (Fsp3) is 0.444. The molecule has 2 amide bonds. The number of benzene rings is 1. The molecule has 0 fully saturated rings. The third-order valence-corrected chi connectivity index (χ3v) is 5.07. The van der Waals surface area contributed by atoms with Crippen molar-refractivity contribution in [3.8, 4) is 0 Å². The summed E-state index contributed by atoms with van der Waals surface area (Å²) in [6.45, 7) is 5.97. The van der Waals surface area contributed by atoms with Crippen LogP contribution in [0.1, 0.15) is 53.5 Å². The lowest BCUT2D eigenvalue weighted by Gasteiger charge is -2.19. The molecule has 2 aromatic rings. The maximum Gasteiger partial charge on any atom is 0.315 e. The largest absolute Gasteiger partial charge is 0.331 e. The molecule has 1 aromatic carbocycles. The second kappa shape index (κ2) is 6.48. The number of hydrogen-bond acceptors (Lipinski definition) is 2. The number of nitrogens with zero attached hydrogens (tertiary/aromatic N) is 2. The molecule has 5 nitrogen and oxygen atoms in total. The minimum Gasteiger partial charge on any atom is -0.331 e. The minimum atomic E-state index is -0.155. The van der Waals surface area contributed by atoms with E-state index in [4.69, 9.17) is 11.6 Å². The van der Waals surface area contributed by atoms with Gasteiger partial charge in [-0.2, -0.15) is 5.10 Å². The summed E-state index contributed by atoms with van der Waals surface area (Å²) in [6, 6.07) is 5.67. The van der Waals surface area contributed by atoms with Crippen molar-refractivity contribution in [3.05, 3.63) is 51.3 Å². The highest BCUT2D eigenvalue weighted by Gasteiger charge is 2.25. The van der Waals surface area contributed by atoms with Crippen molar-refractivity contribution in [2.45, 2.75) is 45.7 Å². The molecule has 128 valence electrons. The van der Waals surface area contributed by atoms with Crippen LogP contribution in [0.2, 0.25) is 5.02 Å². The van der Waals surface area contributed by atoms with Gasteiger partial charge in [-0.15, -0.1) is 0 Å². The summed E-state index contributed by atoms with van der Waals surface area (Å²) in [5.41, 5.74) is 5.48. The highest BCUT2D eigenvalue weighted by Crippen LogP contribution is 2.32. The predicted octanol–water partition coefficient (Wildman–Crippen LogP) is 3.74. The van der Waals surface area contributed by atoms with E-state index in [1.54, 1.807) is 0 Å². The molecular formula is C18H23ClN4O. The smallest absolute Gasteiger partial charge is 0.315 e. The Bertz CT molecular complexity index is 784. The lowest BCUT2D eigenvalue weighted by molar-refractivity contribution is 0.234. The van der Waals surface area contributed by atoms with Gasteiger partial charge < -0.3 is 10.6 Å². The van der Waals surface area contributed by atoms with Crippen molar-refractivity contribution < 1.29 is 4.79 Å². The summed E-state index contributed by atoms with van der Waals surface area (Å²) in [7, 11) is 1.92. The molecule has 0 spiro atoms. The zero-order valence-electron chi connectivity index (χ0n) is 14.5. The Morgan fingerprint density at radius 3 is 2.83 bits per heavy atom. The molecule has 1 aliphatic carbocycles. The van der Waals surface area contributed by atoms with Gasteiger partial charge in [0.05, 0.1) is 17.8 Å². The molecule has 0 aliphatic heterocycles. The molecule has 3 rings (SSSR count). The third-order valence-electron chi connectivity index (χ3n) is 4.83. The topological polar surface area (TPSA) is 59.0 Å². The number of halogens is 1. The van der Waals surface area contributed by atoms with Crippen LogP contribution in [-0.2, 0) is 13.5 Å². The van der Waals surface area contributed by atoms with Crippen LogP contribution < -0.4 is 10.6 Å². The van der Waals surface area contributed by atoms with Crippen LogP contribution in [0.4, 0.5) is 4.79 Å². The molecule has 0 radical (unpaired) electrons. The van der Waals surface area contributed by atoms with Gasteiger partial charge in [0.15, 0.2) is 0 Å². The summed E-state index contributed by atoms with van der Waals surface area (Å²) in [5.74, 6) is 0. The van der Waals surface area contributed by atoms with E-state index >= 15 is 0 Å². The van der Waals surface area contributed by atoms with Crippen molar-refractivity contribution in [1.29, 1.82) is 0 Å². The molecule has 0 unspecified atom stereocenters. The molecule has 0 bridgehead atoms. The van der Waals surface area contributed by atoms with E-state index in [0.29, 0.717) is 0 Å². The summed E-state index contributed by atoms with van der Waals surface area (Å²) < 4.78 is 1.84. The Hall–Kier alpha value is -2.01. The van der Waals surface area contributed by atoms with Gasteiger partial charge in [0.25, 0.3) is 0 Å². The number of urea groups is 1. The maximum absolute atomic E-state index is 12.4. The standard InChI is InChI=1S/C18H23ClN4O/c1-10(17-11(2)22-23(4)12(17)3)20-18(24)21-16-8-5-13-9-14(19)6-7-15(13)16/h6-7,9-10,16H,5,8H2,1-4H3,(H2,20,21,24)/t10-,16-/m1/s1. The quantitative estimate of drug-likeness (QED) is 0.889. The normalized spacial score (nSPS) is 17.5. The summed E-state index contributed by atoms with van der Waals surface area (Å²) in [6.07, 6.45) is 1.85. The fourth-order valence-electron chi connectivity index (χ4n) is 3.62. The van der Waals surface area contributed by atoms with Crippen LogP contribution >= 0.6 is 11.6 Å². The van der Waals surface area contributed by atoms with Crippen molar-refractivity contribution in [3.63, 3.8) is 0 Å². The van der Waals surface area contributed by atoms with Crippen LogP contribution in [0, 0.1) is 13.8 Å². The van der Waals surface area contributed by atoms with E-state index in [0.717, 1.165) is 40.4 Å². The summed E-state index contributed by atoms with van der Waals surface area (Å²) in [5, 5.41) is 11.3. The minimum absolute atomic E-state index is 0.0422. The Balaban J connectivity index is 1.67. The van der Waals surface area contributed by atoms with E-state index in [-0.39, 0.29) is 18.1 Å². The molecule has 0 saturated heterocycles. The monoisotopic (exact) mass is 346 g/mol. The first-order valence-corrected chi connectivity index (χ1v) is 8.60.